The van der Waals surface area contributed by atoms with Gasteiger partial charge in [0.1, 0.15) is 0 Å². The normalized spacial score (nSPS) is 11.9. The monoisotopic (exact) mass is 356 g/mol. The number of carbonyl (C=O) groups is 1. The van der Waals surface area contributed by atoms with Gasteiger partial charge in [-0.05, 0) is 48.2 Å². The van der Waals surface area contributed by atoms with E-state index in [2.05, 4.69) is 19.2 Å². The van der Waals surface area contributed by atoms with Gasteiger partial charge in [0.05, 0.1) is 26.2 Å². The van der Waals surface area contributed by atoms with Gasteiger partial charge in [0.25, 0.3) is 0 Å². The Kier molecular flexibility index (Phi) is 6.89. The van der Waals surface area contributed by atoms with Crippen LogP contribution in [0.15, 0.2) is 42.5 Å². The first kappa shape index (κ1) is 19.6. The minimum atomic E-state index is -0.135. The molecule has 1 atom stereocenters. The molecule has 0 heterocycles. The molecule has 0 aromatic heterocycles. The Morgan fingerprint density at radius 2 is 1.77 bits per heavy atom. The van der Waals surface area contributed by atoms with Crippen LogP contribution in [-0.2, 0) is 11.2 Å². The molecule has 0 saturated heterocycles. The van der Waals surface area contributed by atoms with E-state index in [1.165, 1.54) is 0 Å². The number of nitrogens with two attached hydrogens (primary N) is 1. The third-order valence-electron chi connectivity index (χ3n) is 3.98. The number of amides is 1. The van der Waals surface area contributed by atoms with Crippen LogP contribution in [0.2, 0.25) is 0 Å². The molecule has 1 amide bonds. The first-order valence-electron chi connectivity index (χ1n) is 8.83. The van der Waals surface area contributed by atoms with Crippen LogP contribution < -0.4 is 20.5 Å². The molecular formula is C21H28N2O3. The lowest BCUT2D eigenvalue weighted by molar-refractivity contribution is -0.121. The Labute approximate surface area is 155 Å². The topological polar surface area (TPSA) is 73.6 Å². The summed E-state index contributed by atoms with van der Waals surface area (Å²) >= 11 is 0. The van der Waals surface area contributed by atoms with Gasteiger partial charge in [0, 0.05) is 5.69 Å². The van der Waals surface area contributed by atoms with Crippen molar-refractivity contribution in [3.8, 4) is 11.5 Å². The summed E-state index contributed by atoms with van der Waals surface area (Å²) in [6.07, 6.45) is 0.317. The summed E-state index contributed by atoms with van der Waals surface area (Å²) in [7, 11) is 1.62. The number of carbonyl (C=O) groups excluding carboxylic acids is 1. The van der Waals surface area contributed by atoms with Crippen LogP contribution in [0.3, 0.4) is 0 Å². The number of anilines is 1. The summed E-state index contributed by atoms with van der Waals surface area (Å²) in [5.41, 5.74) is 8.25. The van der Waals surface area contributed by atoms with E-state index in [1.54, 1.807) is 19.2 Å². The maximum Gasteiger partial charge on any atom is 0.224 e. The fourth-order valence-corrected chi connectivity index (χ4v) is 2.53. The lowest BCUT2D eigenvalue weighted by atomic mass is 10.1. The Morgan fingerprint density at radius 3 is 2.38 bits per heavy atom. The van der Waals surface area contributed by atoms with Crippen molar-refractivity contribution in [2.24, 2.45) is 5.92 Å². The number of benzene rings is 2. The van der Waals surface area contributed by atoms with Crippen molar-refractivity contribution < 1.29 is 14.3 Å². The number of nitrogens with one attached hydrogen (secondary N) is 1. The van der Waals surface area contributed by atoms with Crippen LogP contribution in [0.5, 0.6) is 11.5 Å². The zero-order chi connectivity index (χ0) is 19.1. The average Bonchev–Trinajstić information content (AvgIpc) is 2.61. The second-order valence-corrected chi connectivity index (χ2v) is 6.82. The highest BCUT2D eigenvalue weighted by molar-refractivity contribution is 5.79. The molecule has 3 N–H and O–H groups in total. The molecule has 2 aromatic rings. The van der Waals surface area contributed by atoms with Crippen LogP contribution >= 0.6 is 0 Å². The van der Waals surface area contributed by atoms with E-state index in [0.29, 0.717) is 36.1 Å². The second kappa shape index (κ2) is 9.13. The van der Waals surface area contributed by atoms with Gasteiger partial charge in [-0.1, -0.05) is 32.0 Å². The second-order valence-electron chi connectivity index (χ2n) is 6.82. The van der Waals surface area contributed by atoms with Gasteiger partial charge in [-0.15, -0.1) is 0 Å². The van der Waals surface area contributed by atoms with E-state index < -0.39 is 0 Å². The summed E-state index contributed by atoms with van der Waals surface area (Å²) < 4.78 is 11.2. The Bertz CT molecular complexity index is 727. The van der Waals surface area contributed by atoms with E-state index in [9.17, 15) is 4.79 Å². The maximum absolute atomic E-state index is 12.3. The van der Waals surface area contributed by atoms with Gasteiger partial charge in [0.15, 0.2) is 11.5 Å². The van der Waals surface area contributed by atoms with Gasteiger partial charge in [-0.2, -0.15) is 0 Å². The standard InChI is InChI=1S/C21H28N2O3/c1-14(2)13-26-19-10-7-17(12-20(19)25-4)15(3)23-21(24)11-16-5-8-18(22)9-6-16/h5-10,12,14-15H,11,13,22H2,1-4H3,(H,23,24). The molecular weight excluding hydrogens is 328 g/mol. The molecule has 5 heteroatoms. The van der Waals surface area contributed by atoms with Gasteiger partial charge in [0.2, 0.25) is 5.91 Å². The number of hydrogen-bond acceptors (Lipinski definition) is 4. The maximum atomic E-state index is 12.3. The molecule has 0 radical (unpaired) electrons. The summed E-state index contributed by atoms with van der Waals surface area (Å²) in [6.45, 7) is 6.77. The largest absolute Gasteiger partial charge is 0.493 e. The fourth-order valence-electron chi connectivity index (χ4n) is 2.53. The number of methoxy groups -OCH3 is 1. The lowest BCUT2D eigenvalue weighted by Crippen LogP contribution is -2.28. The molecule has 140 valence electrons. The van der Waals surface area contributed by atoms with Crippen molar-refractivity contribution in [1.82, 2.24) is 5.32 Å². The first-order valence-corrected chi connectivity index (χ1v) is 8.83. The fraction of sp³-hybridized carbons (Fsp3) is 0.381. The molecule has 1 unspecified atom stereocenters. The Hall–Kier alpha value is -2.69. The molecule has 5 nitrogen and oxygen atoms in total. The zero-order valence-electron chi connectivity index (χ0n) is 15.9. The third-order valence-corrected chi connectivity index (χ3v) is 3.98. The summed E-state index contributed by atoms with van der Waals surface area (Å²) in [5.74, 6) is 1.78. The first-order chi connectivity index (χ1) is 12.4. The third kappa shape index (κ3) is 5.69. The molecule has 0 saturated carbocycles. The van der Waals surface area contributed by atoms with Crippen molar-refractivity contribution >= 4 is 11.6 Å². The minimum absolute atomic E-state index is 0.0404. The highest BCUT2D eigenvalue weighted by Crippen LogP contribution is 2.30. The van der Waals surface area contributed by atoms with E-state index in [4.69, 9.17) is 15.2 Å². The Morgan fingerprint density at radius 1 is 1.08 bits per heavy atom. The van der Waals surface area contributed by atoms with Gasteiger partial charge in [-0.25, -0.2) is 0 Å². The number of ether oxygens (including phenoxy) is 2. The van der Waals surface area contributed by atoms with Crippen LogP contribution in [0.1, 0.15) is 37.9 Å². The van der Waals surface area contributed by atoms with Gasteiger partial charge >= 0.3 is 0 Å². The molecule has 0 aliphatic rings. The van der Waals surface area contributed by atoms with Crippen molar-refractivity contribution in [1.29, 1.82) is 0 Å². The number of rotatable bonds is 8. The molecule has 0 aliphatic carbocycles. The SMILES string of the molecule is COc1cc(C(C)NC(=O)Cc2ccc(N)cc2)ccc1OCC(C)C. The molecule has 26 heavy (non-hydrogen) atoms. The van der Waals surface area contributed by atoms with Crippen molar-refractivity contribution in [3.63, 3.8) is 0 Å². The molecule has 2 aromatic carbocycles. The van der Waals surface area contributed by atoms with E-state index >= 15 is 0 Å². The van der Waals surface area contributed by atoms with Crippen LogP contribution in [0, 0.1) is 5.92 Å². The zero-order valence-corrected chi connectivity index (χ0v) is 15.9. The van der Waals surface area contributed by atoms with Crippen LogP contribution in [0.4, 0.5) is 5.69 Å². The predicted octanol–water partition coefficient (Wildman–Crippen LogP) is 3.73. The number of nitrogen functional groups attached to an aromatic ring is 1. The highest BCUT2D eigenvalue weighted by Gasteiger charge is 2.14. The number of hydrogen-bond donors (Lipinski definition) is 2. The molecule has 0 fully saturated rings. The summed E-state index contributed by atoms with van der Waals surface area (Å²) in [4.78, 5) is 12.3. The highest BCUT2D eigenvalue weighted by atomic mass is 16.5. The quantitative estimate of drug-likeness (QED) is 0.707. The summed E-state index contributed by atoms with van der Waals surface area (Å²) in [6, 6.07) is 12.9. The molecule has 0 spiro atoms. The van der Waals surface area contributed by atoms with Gasteiger partial charge in [-0.3, -0.25) is 4.79 Å². The molecule has 2 rings (SSSR count). The van der Waals surface area contributed by atoms with Crippen LogP contribution in [0.25, 0.3) is 0 Å². The minimum Gasteiger partial charge on any atom is -0.493 e. The summed E-state index contributed by atoms with van der Waals surface area (Å²) in [5, 5.41) is 3.01. The van der Waals surface area contributed by atoms with Gasteiger partial charge < -0.3 is 20.5 Å². The van der Waals surface area contributed by atoms with E-state index in [1.807, 2.05) is 37.3 Å². The lowest BCUT2D eigenvalue weighted by Gasteiger charge is -2.18. The average molecular weight is 356 g/mol. The predicted molar refractivity (Wildman–Crippen MR) is 104 cm³/mol. The van der Waals surface area contributed by atoms with Crippen molar-refractivity contribution in [2.75, 3.05) is 19.5 Å². The van der Waals surface area contributed by atoms with E-state index in [-0.39, 0.29) is 11.9 Å². The van der Waals surface area contributed by atoms with Crippen LogP contribution in [-0.4, -0.2) is 19.6 Å². The molecule has 0 aliphatic heterocycles. The van der Waals surface area contributed by atoms with Crippen molar-refractivity contribution in [2.45, 2.75) is 33.2 Å². The molecule has 0 bridgehead atoms. The smallest absolute Gasteiger partial charge is 0.224 e. The van der Waals surface area contributed by atoms with Crippen molar-refractivity contribution in [3.05, 3.63) is 53.6 Å². The Balaban J connectivity index is 2.00. The van der Waals surface area contributed by atoms with E-state index in [0.717, 1.165) is 11.1 Å².